The zero-order valence-corrected chi connectivity index (χ0v) is 7.84. The number of rotatable bonds is 0. The molecule has 0 aromatic carbocycles. The second kappa shape index (κ2) is 7.15. The van der Waals surface area contributed by atoms with Gasteiger partial charge in [0.1, 0.15) is 0 Å². The van der Waals surface area contributed by atoms with E-state index in [4.69, 9.17) is 0 Å². The molecule has 0 saturated heterocycles. The van der Waals surface area contributed by atoms with Crippen LogP contribution in [0.4, 0.5) is 0 Å². The van der Waals surface area contributed by atoms with E-state index in [0.29, 0.717) is 0 Å². The van der Waals surface area contributed by atoms with Gasteiger partial charge in [-0.3, -0.25) is 0 Å². The highest BCUT2D eigenvalue weighted by Crippen LogP contribution is 2.08. The van der Waals surface area contributed by atoms with Gasteiger partial charge in [-0.15, -0.1) is 0 Å². The fourth-order valence-electron chi connectivity index (χ4n) is 1.42. The van der Waals surface area contributed by atoms with E-state index in [1.54, 1.807) is 0 Å². The highest BCUT2D eigenvalue weighted by molar-refractivity contribution is 4.93. The van der Waals surface area contributed by atoms with Crippen LogP contribution in [0.15, 0.2) is 24.3 Å². The summed E-state index contributed by atoms with van der Waals surface area (Å²) in [5.41, 5.74) is 0. The zero-order valence-electron chi connectivity index (χ0n) is 7.84. The summed E-state index contributed by atoms with van der Waals surface area (Å²) in [7, 11) is 0. The predicted molar refractivity (Wildman–Crippen MR) is 54.9 cm³/mol. The highest BCUT2D eigenvalue weighted by atomic mass is 14.0. The number of allylic oxidation sites excluding steroid dienone is 4. The SMILES string of the molecule is [CH]1CC/C=C/C/C=C/CCCC1. The summed E-state index contributed by atoms with van der Waals surface area (Å²) in [4.78, 5) is 0. The standard InChI is InChI=1S/C12H19/c1-2-4-6-8-10-12-11-9-7-5-3-1/h1-2,5,7-8H,3-4,6,9-12H2/b2-1+,7-5+. The molecule has 0 atom stereocenters. The average molecular weight is 163 g/mol. The lowest BCUT2D eigenvalue weighted by Gasteiger charge is -1.98. The Labute approximate surface area is 76.4 Å². The third kappa shape index (κ3) is 5.17. The van der Waals surface area contributed by atoms with Crippen LogP contribution in [0, 0.1) is 6.42 Å². The van der Waals surface area contributed by atoms with Crippen LogP contribution in [-0.4, -0.2) is 0 Å². The Hall–Kier alpha value is -0.520. The molecule has 1 aliphatic rings. The Morgan fingerprint density at radius 2 is 1.33 bits per heavy atom. The number of hydrogen-bond acceptors (Lipinski definition) is 0. The van der Waals surface area contributed by atoms with E-state index in [0.717, 1.165) is 6.42 Å². The lowest BCUT2D eigenvalue weighted by atomic mass is 10.1. The van der Waals surface area contributed by atoms with E-state index < -0.39 is 0 Å². The van der Waals surface area contributed by atoms with Crippen molar-refractivity contribution in [1.82, 2.24) is 0 Å². The lowest BCUT2D eigenvalue weighted by Crippen LogP contribution is -1.80. The molecule has 0 heterocycles. The van der Waals surface area contributed by atoms with Crippen LogP contribution in [0.3, 0.4) is 0 Å². The maximum atomic E-state index is 2.43. The maximum Gasteiger partial charge on any atom is -0.0169 e. The molecular weight excluding hydrogens is 144 g/mol. The molecule has 1 radical (unpaired) electrons. The van der Waals surface area contributed by atoms with Crippen molar-refractivity contribution in [2.75, 3.05) is 0 Å². The summed E-state index contributed by atoms with van der Waals surface area (Å²) in [5.74, 6) is 0. The molecule has 0 nitrogen and oxygen atoms in total. The van der Waals surface area contributed by atoms with Crippen LogP contribution in [0.25, 0.3) is 0 Å². The van der Waals surface area contributed by atoms with E-state index in [2.05, 4.69) is 30.7 Å². The summed E-state index contributed by atoms with van der Waals surface area (Å²) in [6.07, 6.45) is 20.5. The van der Waals surface area contributed by atoms with Gasteiger partial charge in [0.2, 0.25) is 0 Å². The molecular formula is C12H19. The molecule has 0 N–H and O–H groups in total. The predicted octanol–water partition coefficient (Wildman–Crippen LogP) is 4.05. The molecule has 1 rings (SSSR count). The van der Waals surface area contributed by atoms with Crippen molar-refractivity contribution in [1.29, 1.82) is 0 Å². The molecule has 0 fully saturated rings. The molecule has 0 bridgehead atoms. The molecule has 67 valence electrons. The topological polar surface area (TPSA) is 0 Å². The Bertz CT molecular complexity index is 126. The lowest BCUT2D eigenvalue weighted by molar-refractivity contribution is 0.713. The van der Waals surface area contributed by atoms with Crippen LogP contribution in [0.5, 0.6) is 0 Å². The van der Waals surface area contributed by atoms with Gasteiger partial charge in [-0.05, 0) is 38.5 Å². The first-order chi connectivity index (χ1) is 6.00. The fraction of sp³-hybridized carbons (Fsp3) is 0.583. The van der Waals surface area contributed by atoms with E-state index >= 15 is 0 Å². The molecule has 0 aromatic heterocycles. The minimum atomic E-state index is 1.12. The maximum absolute atomic E-state index is 2.43. The molecule has 0 heteroatoms. The van der Waals surface area contributed by atoms with Crippen molar-refractivity contribution < 1.29 is 0 Å². The molecule has 0 saturated carbocycles. The molecule has 0 amide bonds. The zero-order chi connectivity index (χ0) is 8.49. The first-order valence-corrected chi connectivity index (χ1v) is 5.12. The summed E-state index contributed by atoms with van der Waals surface area (Å²) in [6.45, 7) is 0. The average Bonchev–Trinajstić information content (AvgIpc) is 2.05. The molecule has 0 aliphatic heterocycles. The second-order valence-electron chi connectivity index (χ2n) is 3.33. The molecule has 12 heavy (non-hydrogen) atoms. The van der Waals surface area contributed by atoms with Gasteiger partial charge in [0, 0.05) is 0 Å². The molecule has 0 unspecified atom stereocenters. The first-order valence-electron chi connectivity index (χ1n) is 5.12. The molecule has 1 aliphatic carbocycles. The van der Waals surface area contributed by atoms with Crippen LogP contribution < -0.4 is 0 Å². The monoisotopic (exact) mass is 163 g/mol. The van der Waals surface area contributed by atoms with E-state index in [1.807, 2.05) is 0 Å². The van der Waals surface area contributed by atoms with Gasteiger partial charge in [-0.25, -0.2) is 0 Å². The van der Waals surface area contributed by atoms with Crippen LogP contribution in [0.1, 0.15) is 44.9 Å². The minimum absolute atomic E-state index is 1.12. The van der Waals surface area contributed by atoms with Crippen LogP contribution in [0.2, 0.25) is 0 Å². The van der Waals surface area contributed by atoms with Gasteiger partial charge in [0.25, 0.3) is 0 Å². The van der Waals surface area contributed by atoms with Gasteiger partial charge in [-0.1, -0.05) is 37.1 Å². The largest absolute Gasteiger partial charge is 0.0882 e. The highest BCUT2D eigenvalue weighted by Gasteiger charge is 1.89. The quantitative estimate of drug-likeness (QED) is 0.473. The van der Waals surface area contributed by atoms with Gasteiger partial charge >= 0.3 is 0 Å². The summed E-state index contributed by atoms with van der Waals surface area (Å²) in [5, 5.41) is 0. The minimum Gasteiger partial charge on any atom is -0.0882 e. The summed E-state index contributed by atoms with van der Waals surface area (Å²) >= 11 is 0. The first kappa shape index (κ1) is 9.57. The third-order valence-electron chi connectivity index (χ3n) is 2.17. The van der Waals surface area contributed by atoms with E-state index in [-0.39, 0.29) is 0 Å². The Kier molecular flexibility index (Phi) is 5.70. The van der Waals surface area contributed by atoms with Crippen molar-refractivity contribution in [3.63, 3.8) is 0 Å². The van der Waals surface area contributed by atoms with Crippen molar-refractivity contribution >= 4 is 0 Å². The smallest absolute Gasteiger partial charge is 0.0169 e. The van der Waals surface area contributed by atoms with Gasteiger partial charge in [-0.2, -0.15) is 0 Å². The summed E-state index contributed by atoms with van der Waals surface area (Å²) < 4.78 is 0. The van der Waals surface area contributed by atoms with Gasteiger partial charge in [0.15, 0.2) is 0 Å². The van der Waals surface area contributed by atoms with Crippen molar-refractivity contribution in [3.05, 3.63) is 30.7 Å². The fourth-order valence-corrected chi connectivity index (χ4v) is 1.42. The normalized spacial score (nSPS) is 26.7. The van der Waals surface area contributed by atoms with Crippen LogP contribution in [-0.2, 0) is 0 Å². The molecule has 0 aromatic rings. The van der Waals surface area contributed by atoms with Crippen LogP contribution >= 0.6 is 0 Å². The van der Waals surface area contributed by atoms with Crippen molar-refractivity contribution in [2.45, 2.75) is 44.9 Å². The Morgan fingerprint density at radius 3 is 2.25 bits per heavy atom. The summed E-state index contributed by atoms with van der Waals surface area (Å²) in [6, 6.07) is 0. The van der Waals surface area contributed by atoms with Gasteiger partial charge < -0.3 is 0 Å². The third-order valence-corrected chi connectivity index (χ3v) is 2.17. The Balaban J connectivity index is 2.20. The van der Waals surface area contributed by atoms with E-state index in [1.165, 1.54) is 38.5 Å². The Morgan fingerprint density at radius 1 is 0.583 bits per heavy atom. The molecule has 0 spiro atoms. The van der Waals surface area contributed by atoms with E-state index in [9.17, 15) is 0 Å². The van der Waals surface area contributed by atoms with Gasteiger partial charge in [0.05, 0.1) is 0 Å². The van der Waals surface area contributed by atoms with Crippen molar-refractivity contribution in [2.24, 2.45) is 0 Å². The second-order valence-corrected chi connectivity index (χ2v) is 3.33. The van der Waals surface area contributed by atoms with Crippen molar-refractivity contribution in [3.8, 4) is 0 Å². The number of hydrogen-bond donors (Lipinski definition) is 0.